The number of aliphatic carboxylic acids is 1. The second-order valence-corrected chi connectivity index (χ2v) is 10.6. The van der Waals surface area contributed by atoms with Crippen molar-refractivity contribution in [3.8, 4) is 17.2 Å². The van der Waals surface area contributed by atoms with E-state index in [1.165, 1.54) is 28.3 Å². The number of nitrogens with zero attached hydrogens (tertiary/aromatic N) is 1. The Labute approximate surface area is 267 Å². The zero-order valence-electron chi connectivity index (χ0n) is 26.4. The number of carboxylic acid groups (broad SMARTS) is 1. The summed E-state index contributed by atoms with van der Waals surface area (Å²) >= 11 is 0. The lowest BCUT2D eigenvalue weighted by molar-refractivity contribution is -0.138. The minimum Gasteiger partial charge on any atom is -0.495 e. The van der Waals surface area contributed by atoms with Crippen LogP contribution in [0.15, 0.2) is 96.9 Å². The molecule has 46 heavy (non-hydrogen) atoms. The van der Waals surface area contributed by atoms with Gasteiger partial charge < -0.3 is 40.6 Å². The molecule has 11 heteroatoms. The summed E-state index contributed by atoms with van der Waals surface area (Å²) in [6.45, 7) is 3.27. The average molecular weight is 627 g/mol. The molecule has 11 nitrogen and oxygen atoms in total. The van der Waals surface area contributed by atoms with Crippen LogP contribution < -0.4 is 30.6 Å². The van der Waals surface area contributed by atoms with Crippen LogP contribution in [0.4, 0.5) is 16.2 Å². The molecule has 5 N–H and O–H groups in total. The molecule has 0 aromatic heterocycles. The van der Waals surface area contributed by atoms with Crippen molar-refractivity contribution in [3.05, 3.63) is 114 Å². The summed E-state index contributed by atoms with van der Waals surface area (Å²) < 4.78 is 16.4. The normalized spacial score (nSPS) is 14.3. The quantitative estimate of drug-likeness (QED) is 0.193. The Bertz CT molecular complexity index is 1710. The highest BCUT2D eigenvalue weighted by Gasteiger charge is 2.38. The SMILES string of the molecule is COc1cc(C(N)(C(C)=O)C2=CN(C(CC(=O)O)c3ccc(OC)c(OC)c3)C=CC=C2)ccc1NC(=O)Nc1ccccc1C. The van der Waals surface area contributed by atoms with E-state index in [-0.39, 0.29) is 18.0 Å². The molecule has 4 rings (SSSR count). The van der Waals surface area contributed by atoms with Gasteiger partial charge in [0, 0.05) is 23.7 Å². The number of benzene rings is 3. The number of nitrogens with two attached hydrogens (primary N) is 1. The van der Waals surface area contributed by atoms with E-state index in [0.29, 0.717) is 39.6 Å². The molecule has 240 valence electrons. The number of carbonyl (C=O) groups is 3. The van der Waals surface area contributed by atoms with Gasteiger partial charge >= 0.3 is 12.0 Å². The van der Waals surface area contributed by atoms with Gasteiger partial charge in [0.25, 0.3) is 0 Å². The highest BCUT2D eigenvalue weighted by molar-refractivity contribution is 6.01. The largest absolute Gasteiger partial charge is 0.495 e. The van der Waals surface area contributed by atoms with Crippen molar-refractivity contribution in [1.82, 2.24) is 4.90 Å². The van der Waals surface area contributed by atoms with Gasteiger partial charge in [0.05, 0.1) is 39.5 Å². The maximum atomic E-state index is 13.4. The van der Waals surface area contributed by atoms with E-state index in [9.17, 15) is 19.5 Å². The summed E-state index contributed by atoms with van der Waals surface area (Å²) in [5.74, 6) is -0.157. The van der Waals surface area contributed by atoms with E-state index in [1.807, 2.05) is 25.1 Å². The zero-order valence-corrected chi connectivity index (χ0v) is 26.4. The first-order chi connectivity index (χ1) is 22.0. The topological polar surface area (TPSA) is 152 Å². The number of anilines is 2. The fraction of sp³-hybridized carbons (Fsp3) is 0.229. The molecule has 3 aromatic rings. The Morgan fingerprint density at radius 1 is 0.891 bits per heavy atom. The zero-order chi connectivity index (χ0) is 33.4. The monoisotopic (exact) mass is 626 g/mol. The molecule has 0 bridgehead atoms. The summed E-state index contributed by atoms with van der Waals surface area (Å²) in [6.07, 6.45) is 8.29. The number of aryl methyl sites for hydroxylation is 1. The van der Waals surface area contributed by atoms with Crippen molar-refractivity contribution in [2.75, 3.05) is 32.0 Å². The van der Waals surface area contributed by atoms with Crippen LogP contribution >= 0.6 is 0 Å². The van der Waals surface area contributed by atoms with Gasteiger partial charge in [0.1, 0.15) is 11.3 Å². The molecule has 0 spiro atoms. The number of Topliss-reactive ketones (excluding diaryl/α,β-unsaturated/α-hetero) is 1. The molecule has 3 aromatic carbocycles. The van der Waals surface area contributed by atoms with Crippen molar-refractivity contribution < 1.29 is 33.7 Å². The highest BCUT2D eigenvalue weighted by atomic mass is 16.5. The van der Waals surface area contributed by atoms with Crippen LogP contribution in [0.1, 0.15) is 36.1 Å². The first-order valence-corrected chi connectivity index (χ1v) is 14.4. The Morgan fingerprint density at radius 3 is 2.24 bits per heavy atom. The minimum atomic E-state index is -1.67. The van der Waals surface area contributed by atoms with E-state index >= 15 is 0 Å². The third-order valence-corrected chi connectivity index (χ3v) is 7.76. The second kappa shape index (κ2) is 14.5. The van der Waals surface area contributed by atoms with Gasteiger partial charge in [-0.05, 0) is 66.9 Å². The van der Waals surface area contributed by atoms with Crippen LogP contribution in [0.2, 0.25) is 0 Å². The number of allylic oxidation sites excluding steroid dienone is 2. The van der Waals surface area contributed by atoms with E-state index < -0.39 is 23.6 Å². The third kappa shape index (κ3) is 7.22. The van der Waals surface area contributed by atoms with Crippen LogP contribution in [0, 0.1) is 6.92 Å². The van der Waals surface area contributed by atoms with Crippen molar-refractivity contribution in [2.24, 2.45) is 5.73 Å². The number of hydrogen-bond acceptors (Lipinski definition) is 8. The first kappa shape index (κ1) is 33.3. The minimum absolute atomic E-state index is 0.264. The maximum absolute atomic E-state index is 13.4. The standard InChI is InChI=1S/C35H38N4O7/c1-22-10-6-7-12-27(22)37-34(43)38-28-15-14-25(19-31(28)45-4)35(36,23(2)40)26-11-8-9-17-39(21-26)29(20-33(41)42)24-13-16-30(44-3)32(18-24)46-5/h6-19,21,29H,20,36H2,1-5H3,(H,41,42)(H2,37,38,43). The van der Waals surface area contributed by atoms with Gasteiger partial charge in [0.2, 0.25) is 0 Å². The molecule has 1 aliphatic rings. The van der Waals surface area contributed by atoms with Gasteiger partial charge in [-0.3, -0.25) is 9.59 Å². The maximum Gasteiger partial charge on any atom is 0.323 e. The molecule has 1 aliphatic heterocycles. The molecule has 2 amide bonds. The highest BCUT2D eigenvalue weighted by Crippen LogP contribution is 2.38. The molecule has 0 saturated heterocycles. The van der Waals surface area contributed by atoms with Crippen molar-refractivity contribution in [3.63, 3.8) is 0 Å². The molecule has 0 saturated carbocycles. The fourth-order valence-corrected chi connectivity index (χ4v) is 5.20. The average Bonchev–Trinajstić information content (AvgIpc) is 3.30. The number of urea groups is 1. The third-order valence-electron chi connectivity index (χ3n) is 7.76. The van der Waals surface area contributed by atoms with Gasteiger partial charge in [0.15, 0.2) is 17.3 Å². The first-order valence-electron chi connectivity index (χ1n) is 14.4. The molecular weight excluding hydrogens is 588 g/mol. The van der Waals surface area contributed by atoms with Gasteiger partial charge in [-0.25, -0.2) is 4.79 Å². The summed E-state index contributed by atoms with van der Waals surface area (Å²) in [6, 6.07) is 16.3. The number of ketones is 1. The van der Waals surface area contributed by atoms with Crippen molar-refractivity contribution in [1.29, 1.82) is 0 Å². The van der Waals surface area contributed by atoms with E-state index in [0.717, 1.165) is 5.56 Å². The summed E-state index contributed by atoms with van der Waals surface area (Å²) in [7, 11) is 4.47. The number of para-hydroxylation sites is 1. The van der Waals surface area contributed by atoms with E-state index in [1.54, 1.807) is 78.0 Å². The molecule has 0 fully saturated rings. The smallest absolute Gasteiger partial charge is 0.323 e. The molecule has 0 radical (unpaired) electrons. The molecule has 2 atom stereocenters. The number of nitrogens with one attached hydrogen (secondary N) is 2. The van der Waals surface area contributed by atoms with Crippen LogP contribution in [-0.4, -0.2) is 49.1 Å². The number of amides is 2. The van der Waals surface area contributed by atoms with Crippen molar-refractivity contribution >= 4 is 29.2 Å². The molecular formula is C35H38N4O7. The van der Waals surface area contributed by atoms with Crippen LogP contribution in [0.3, 0.4) is 0 Å². The lowest BCUT2D eigenvalue weighted by atomic mass is 9.80. The predicted molar refractivity (Wildman–Crippen MR) is 176 cm³/mol. The number of hydrogen-bond donors (Lipinski definition) is 4. The van der Waals surface area contributed by atoms with E-state index in [2.05, 4.69) is 10.6 Å². The van der Waals surface area contributed by atoms with Gasteiger partial charge in [-0.15, -0.1) is 0 Å². The van der Waals surface area contributed by atoms with Gasteiger partial charge in [-0.1, -0.05) is 42.5 Å². The number of rotatable bonds is 12. The Hall–Kier alpha value is -5.55. The molecule has 0 aliphatic carbocycles. The number of carboxylic acids is 1. The van der Waals surface area contributed by atoms with Crippen LogP contribution in [-0.2, 0) is 15.1 Å². The fourth-order valence-electron chi connectivity index (χ4n) is 5.20. The number of carbonyl (C=O) groups excluding carboxylic acids is 2. The number of methoxy groups -OCH3 is 3. The summed E-state index contributed by atoms with van der Waals surface area (Å²) in [5, 5.41) is 15.4. The van der Waals surface area contributed by atoms with Gasteiger partial charge in [-0.2, -0.15) is 0 Å². The Balaban J connectivity index is 1.72. The summed E-state index contributed by atoms with van der Waals surface area (Å²) in [4.78, 5) is 39.9. The Morgan fingerprint density at radius 2 is 1.59 bits per heavy atom. The van der Waals surface area contributed by atoms with Crippen LogP contribution in [0.5, 0.6) is 17.2 Å². The lowest BCUT2D eigenvalue weighted by Gasteiger charge is -2.33. The summed E-state index contributed by atoms with van der Waals surface area (Å²) in [5.41, 5.74) is 8.67. The second-order valence-electron chi connectivity index (χ2n) is 10.6. The lowest BCUT2D eigenvalue weighted by Crippen LogP contribution is -2.45. The molecule has 1 heterocycles. The number of ether oxygens (including phenoxy) is 3. The molecule has 2 unspecified atom stereocenters. The van der Waals surface area contributed by atoms with Crippen molar-refractivity contribution in [2.45, 2.75) is 31.8 Å². The predicted octanol–water partition coefficient (Wildman–Crippen LogP) is 5.89. The van der Waals surface area contributed by atoms with Crippen LogP contribution in [0.25, 0.3) is 0 Å². The Kier molecular flexibility index (Phi) is 10.5. The van der Waals surface area contributed by atoms with E-state index in [4.69, 9.17) is 19.9 Å².